The van der Waals surface area contributed by atoms with Crippen molar-refractivity contribution < 1.29 is 4.39 Å². The van der Waals surface area contributed by atoms with Gasteiger partial charge in [0.2, 0.25) is 0 Å². The molecule has 0 aliphatic carbocycles. The van der Waals surface area contributed by atoms with Gasteiger partial charge >= 0.3 is 5.69 Å². The predicted molar refractivity (Wildman–Crippen MR) is 138 cm³/mol. The molecule has 7 nitrogen and oxygen atoms in total. The molecule has 3 aromatic rings. The molecule has 2 N–H and O–H groups in total. The summed E-state index contributed by atoms with van der Waals surface area (Å²) >= 11 is 0. The van der Waals surface area contributed by atoms with Crippen molar-refractivity contribution in [3.8, 4) is 0 Å². The molecule has 1 aromatic heterocycles. The number of aromatic nitrogens is 2. The first-order chi connectivity index (χ1) is 16.7. The number of rotatable bonds is 6. The van der Waals surface area contributed by atoms with Gasteiger partial charge in [-0.3, -0.25) is 18.8 Å². The van der Waals surface area contributed by atoms with Gasteiger partial charge in [0.1, 0.15) is 11.6 Å². The molecule has 1 atom stereocenters. The van der Waals surface area contributed by atoms with Crippen molar-refractivity contribution in [2.75, 3.05) is 36.8 Å². The summed E-state index contributed by atoms with van der Waals surface area (Å²) in [6.07, 6.45) is 0. The number of nitrogens with two attached hydrogens (primary N) is 1. The summed E-state index contributed by atoms with van der Waals surface area (Å²) in [5.74, 6) is 0.161. The minimum Gasteiger partial charge on any atom is -0.385 e. The van der Waals surface area contributed by atoms with Gasteiger partial charge in [0.25, 0.3) is 5.56 Å². The zero-order valence-corrected chi connectivity index (χ0v) is 20.9. The molecule has 0 bridgehead atoms. The molecule has 1 saturated heterocycles. The average Bonchev–Trinajstić information content (AvgIpc) is 2.84. The molecule has 1 aliphatic rings. The monoisotopic (exact) mass is 479 g/mol. The molecule has 0 amide bonds. The summed E-state index contributed by atoms with van der Waals surface area (Å²) < 4.78 is 17.1. The van der Waals surface area contributed by atoms with Crippen LogP contribution in [0.2, 0.25) is 0 Å². The van der Waals surface area contributed by atoms with E-state index < -0.39 is 11.7 Å². The van der Waals surface area contributed by atoms with Crippen LogP contribution in [-0.4, -0.2) is 40.2 Å². The Morgan fingerprint density at radius 1 is 0.971 bits per heavy atom. The van der Waals surface area contributed by atoms with Gasteiger partial charge in [-0.1, -0.05) is 50.2 Å². The van der Waals surface area contributed by atoms with Gasteiger partial charge in [-0.15, -0.1) is 0 Å². The van der Waals surface area contributed by atoms with E-state index in [0.29, 0.717) is 44.0 Å². The minimum atomic E-state index is -0.420. The Hall–Kier alpha value is -3.39. The van der Waals surface area contributed by atoms with Gasteiger partial charge in [-0.05, 0) is 36.1 Å². The summed E-state index contributed by atoms with van der Waals surface area (Å²) in [5.41, 5.74) is 8.83. The van der Waals surface area contributed by atoms with Crippen molar-refractivity contribution in [2.45, 2.75) is 33.4 Å². The van der Waals surface area contributed by atoms with Crippen LogP contribution in [-0.2, 0) is 13.6 Å². The SMILES string of the molecule is Cc1ccccc1C(c1c(N)n(CC(C)C)c(=O)n(C)c1=O)N1CCN(c2ccccc2F)CC1. The van der Waals surface area contributed by atoms with Crippen molar-refractivity contribution in [2.24, 2.45) is 13.0 Å². The number of piperazine rings is 1. The summed E-state index contributed by atoms with van der Waals surface area (Å²) in [7, 11) is 1.51. The smallest absolute Gasteiger partial charge is 0.332 e. The molecule has 1 fully saturated rings. The summed E-state index contributed by atoms with van der Waals surface area (Å²) in [6.45, 7) is 8.90. The highest BCUT2D eigenvalue weighted by atomic mass is 19.1. The Labute approximate surface area is 205 Å². The van der Waals surface area contributed by atoms with E-state index in [1.54, 1.807) is 12.1 Å². The second-order valence-electron chi connectivity index (χ2n) is 9.68. The molecule has 35 heavy (non-hydrogen) atoms. The zero-order chi connectivity index (χ0) is 25.3. The first-order valence-electron chi connectivity index (χ1n) is 12.1. The van der Waals surface area contributed by atoms with Gasteiger partial charge in [-0.2, -0.15) is 0 Å². The van der Waals surface area contributed by atoms with E-state index in [1.807, 2.05) is 56.0 Å². The Morgan fingerprint density at radius 2 is 1.60 bits per heavy atom. The molecular weight excluding hydrogens is 445 g/mol. The first kappa shape index (κ1) is 24.7. The van der Waals surface area contributed by atoms with Crippen molar-refractivity contribution in [1.29, 1.82) is 0 Å². The number of halogens is 1. The molecule has 1 unspecified atom stereocenters. The molecule has 4 rings (SSSR count). The fraction of sp³-hybridized carbons (Fsp3) is 0.407. The van der Waals surface area contributed by atoms with Crippen LogP contribution >= 0.6 is 0 Å². The van der Waals surface area contributed by atoms with E-state index in [0.717, 1.165) is 15.7 Å². The maximum atomic E-state index is 14.4. The molecule has 2 aromatic carbocycles. The van der Waals surface area contributed by atoms with Crippen LogP contribution in [0.1, 0.15) is 36.6 Å². The van der Waals surface area contributed by atoms with E-state index >= 15 is 0 Å². The van der Waals surface area contributed by atoms with E-state index in [2.05, 4.69) is 4.90 Å². The third-order valence-corrected chi connectivity index (χ3v) is 6.80. The predicted octanol–water partition coefficient (Wildman–Crippen LogP) is 3.14. The number of benzene rings is 2. The highest BCUT2D eigenvalue weighted by Crippen LogP contribution is 2.33. The number of para-hydroxylation sites is 1. The second kappa shape index (κ2) is 10.1. The fourth-order valence-corrected chi connectivity index (χ4v) is 4.96. The van der Waals surface area contributed by atoms with Crippen LogP contribution in [0.15, 0.2) is 58.1 Å². The van der Waals surface area contributed by atoms with Crippen LogP contribution in [0.4, 0.5) is 15.9 Å². The molecule has 0 spiro atoms. The van der Waals surface area contributed by atoms with Gasteiger partial charge in [0.15, 0.2) is 0 Å². The van der Waals surface area contributed by atoms with Crippen LogP contribution in [0.5, 0.6) is 0 Å². The lowest BCUT2D eigenvalue weighted by Crippen LogP contribution is -2.51. The Balaban J connectivity index is 1.80. The van der Waals surface area contributed by atoms with E-state index in [1.165, 1.54) is 17.7 Å². The van der Waals surface area contributed by atoms with Gasteiger partial charge in [-0.25, -0.2) is 9.18 Å². The number of anilines is 2. The molecule has 0 saturated carbocycles. The summed E-state index contributed by atoms with van der Waals surface area (Å²) in [5, 5.41) is 0. The quantitative estimate of drug-likeness (QED) is 0.588. The minimum absolute atomic E-state index is 0.182. The standard InChI is InChI=1S/C27H34FN5O2/c1-18(2)17-33-25(29)23(26(34)30(4)27(33)35)24(20-10-6-5-9-19(20)3)32-15-13-31(14-16-32)22-12-8-7-11-21(22)28/h5-12,18,24H,13-17,29H2,1-4H3. The third-order valence-electron chi connectivity index (χ3n) is 6.80. The number of nitrogens with zero attached hydrogens (tertiary/aromatic N) is 4. The lowest BCUT2D eigenvalue weighted by atomic mass is 9.93. The lowest BCUT2D eigenvalue weighted by Gasteiger charge is -2.41. The van der Waals surface area contributed by atoms with E-state index in [-0.39, 0.29) is 23.1 Å². The van der Waals surface area contributed by atoms with Crippen molar-refractivity contribution >= 4 is 11.5 Å². The first-order valence-corrected chi connectivity index (χ1v) is 12.1. The van der Waals surface area contributed by atoms with Crippen molar-refractivity contribution in [1.82, 2.24) is 14.0 Å². The van der Waals surface area contributed by atoms with Gasteiger partial charge in [0, 0.05) is 39.8 Å². The van der Waals surface area contributed by atoms with Crippen LogP contribution in [0.25, 0.3) is 0 Å². The van der Waals surface area contributed by atoms with E-state index in [9.17, 15) is 14.0 Å². The number of hydrogen-bond donors (Lipinski definition) is 1. The van der Waals surface area contributed by atoms with E-state index in [4.69, 9.17) is 5.73 Å². The summed E-state index contributed by atoms with van der Waals surface area (Å²) in [4.78, 5) is 30.7. The number of hydrogen-bond acceptors (Lipinski definition) is 5. The van der Waals surface area contributed by atoms with Gasteiger partial charge in [0.05, 0.1) is 17.3 Å². The van der Waals surface area contributed by atoms with Gasteiger partial charge < -0.3 is 10.6 Å². The molecule has 1 aliphatic heterocycles. The maximum Gasteiger partial charge on any atom is 0.332 e. The third kappa shape index (κ3) is 4.75. The molecular formula is C27H34FN5O2. The Kier molecular flexibility index (Phi) is 7.12. The molecule has 2 heterocycles. The average molecular weight is 480 g/mol. The second-order valence-corrected chi connectivity index (χ2v) is 9.68. The zero-order valence-electron chi connectivity index (χ0n) is 20.9. The molecule has 186 valence electrons. The molecule has 8 heteroatoms. The molecule has 0 radical (unpaired) electrons. The van der Waals surface area contributed by atoms with Crippen LogP contribution in [0.3, 0.4) is 0 Å². The topological polar surface area (TPSA) is 76.5 Å². The maximum absolute atomic E-state index is 14.4. The Morgan fingerprint density at radius 3 is 2.23 bits per heavy atom. The van der Waals surface area contributed by atoms with Crippen LogP contribution < -0.4 is 21.9 Å². The number of nitrogen functional groups attached to an aromatic ring is 1. The lowest BCUT2D eigenvalue weighted by molar-refractivity contribution is 0.209. The normalized spacial score (nSPS) is 15.5. The summed E-state index contributed by atoms with van der Waals surface area (Å²) in [6, 6.07) is 14.3. The highest BCUT2D eigenvalue weighted by Gasteiger charge is 2.33. The fourth-order valence-electron chi connectivity index (χ4n) is 4.96. The largest absolute Gasteiger partial charge is 0.385 e. The van der Waals surface area contributed by atoms with Crippen molar-refractivity contribution in [3.63, 3.8) is 0 Å². The number of aryl methyl sites for hydroxylation is 1. The van der Waals surface area contributed by atoms with Crippen molar-refractivity contribution in [3.05, 3.63) is 91.9 Å². The van der Waals surface area contributed by atoms with Crippen LogP contribution in [0, 0.1) is 18.7 Å². The Bertz CT molecular complexity index is 1320. The highest BCUT2D eigenvalue weighted by molar-refractivity contribution is 5.50.